The molecule has 0 saturated heterocycles. The van der Waals surface area contributed by atoms with E-state index in [4.69, 9.17) is 4.42 Å². The summed E-state index contributed by atoms with van der Waals surface area (Å²) in [6.45, 7) is 6.03. The molecule has 2 aromatic heterocycles. The van der Waals surface area contributed by atoms with Gasteiger partial charge in [0.25, 0.3) is 5.91 Å². The summed E-state index contributed by atoms with van der Waals surface area (Å²) in [4.78, 5) is 16.8. The number of hydrogen-bond donors (Lipinski definition) is 1. The van der Waals surface area contributed by atoms with E-state index in [0.717, 1.165) is 27.8 Å². The van der Waals surface area contributed by atoms with Crippen LogP contribution in [0.25, 0.3) is 10.9 Å². The second kappa shape index (κ2) is 5.64. The zero-order valence-electron chi connectivity index (χ0n) is 12.9. The van der Waals surface area contributed by atoms with E-state index in [2.05, 4.69) is 10.3 Å². The lowest BCUT2D eigenvalue weighted by Crippen LogP contribution is -2.24. The highest BCUT2D eigenvalue weighted by molar-refractivity contribution is 5.97. The normalized spacial score (nSPS) is 10.9. The number of carbonyl (C=O) groups excluding carboxylic acids is 1. The molecule has 0 unspecified atom stereocenters. The van der Waals surface area contributed by atoms with Gasteiger partial charge in [0.2, 0.25) is 0 Å². The van der Waals surface area contributed by atoms with Gasteiger partial charge in [0, 0.05) is 23.7 Å². The van der Waals surface area contributed by atoms with E-state index in [1.807, 2.05) is 51.1 Å². The summed E-state index contributed by atoms with van der Waals surface area (Å²) >= 11 is 0. The molecule has 0 atom stereocenters. The molecule has 3 aromatic rings. The first kappa shape index (κ1) is 14.3. The van der Waals surface area contributed by atoms with Crippen LogP contribution < -0.4 is 5.32 Å². The lowest BCUT2D eigenvalue weighted by Gasteiger charge is -2.08. The van der Waals surface area contributed by atoms with Crippen molar-refractivity contribution in [2.24, 2.45) is 0 Å². The Morgan fingerprint density at radius 1 is 1.14 bits per heavy atom. The maximum Gasteiger partial charge on any atom is 0.255 e. The second-order valence-electron chi connectivity index (χ2n) is 5.39. The average molecular weight is 294 g/mol. The van der Waals surface area contributed by atoms with E-state index in [-0.39, 0.29) is 5.91 Å². The van der Waals surface area contributed by atoms with Crippen molar-refractivity contribution in [3.05, 3.63) is 64.7 Å². The van der Waals surface area contributed by atoms with Crippen LogP contribution in [0.1, 0.15) is 33.0 Å². The first-order valence-electron chi connectivity index (χ1n) is 7.25. The smallest absolute Gasteiger partial charge is 0.255 e. The van der Waals surface area contributed by atoms with Crippen LogP contribution in [0.2, 0.25) is 0 Å². The quantitative estimate of drug-likeness (QED) is 0.801. The number of rotatable bonds is 3. The van der Waals surface area contributed by atoms with Gasteiger partial charge in [-0.25, -0.2) is 0 Å². The Morgan fingerprint density at radius 3 is 2.64 bits per heavy atom. The van der Waals surface area contributed by atoms with Crippen LogP contribution in [0, 0.1) is 20.8 Å². The molecule has 0 saturated carbocycles. The second-order valence-corrected chi connectivity index (χ2v) is 5.39. The summed E-state index contributed by atoms with van der Waals surface area (Å²) in [6, 6.07) is 9.90. The number of benzene rings is 1. The van der Waals surface area contributed by atoms with Gasteiger partial charge in [-0.3, -0.25) is 9.78 Å². The van der Waals surface area contributed by atoms with Crippen molar-refractivity contribution < 1.29 is 9.21 Å². The van der Waals surface area contributed by atoms with Crippen molar-refractivity contribution in [1.29, 1.82) is 0 Å². The number of nitrogens with one attached hydrogen (secondary N) is 1. The molecule has 3 rings (SSSR count). The number of hydrogen-bond acceptors (Lipinski definition) is 3. The Labute approximate surface area is 129 Å². The maximum absolute atomic E-state index is 12.4. The number of fused-ring (bicyclic) bond motifs is 1. The number of carbonyl (C=O) groups is 1. The van der Waals surface area contributed by atoms with Gasteiger partial charge in [-0.05, 0) is 32.4 Å². The Bertz CT molecular complexity index is 844. The number of pyridine rings is 1. The largest absolute Gasteiger partial charge is 0.466 e. The van der Waals surface area contributed by atoms with E-state index in [1.54, 1.807) is 6.20 Å². The molecule has 0 fully saturated rings. The molecule has 1 amide bonds. The monoisotopic (exact) mass is 294 g/mol. The minimum atomic E-state index is -0.111. The maximum atomic E-state index is 12.4. The van der Waals surface area contributed by atoms with Crippen LogP contribution in [0.5, 0.6) is 0 Å². The van der Waals surface area contributed by atoms with Gasteiger partial charge in [-0.1, -0.05) is 24.3 Å². The number of aromatic nitrogens is 1. The van der Waals surface area contributed by atoms with Crippen molar-refractivity contribution in [2.45, 2.75) is 27.3 Å². The van der Waals surface area contributed by atoms with Crippen molar-refractivity contribution in [1.82, 2.24) is 10.3 Å². The Balaban J connectivity index is 1.84. The molecular formula is C18H18N2O2. The molecule has 0 spiro atoms. The van der Waals surface area contributed by atoms with Gasteiger partial charge in [0.1, 0.15) is 11.5 Å². The average Bonchev–Trinajstić information content (AvgIpc) is 2.77. The molecule has 0 radical (unpaired) electrons. The van der Waals surface area contributed by atoms with Crippen LogP contribution in [-0.2, 0) is 6.54 Å². The molecule has 0 aliphatic carbocycles. The van der Waals surface area contributed by atoms with Crippen LogP contribution in [0.4, 0.5) is 0 Å². The molecule has 4 nitrogen and oxygen atoms in total. The highest BCUT2D eigenvalue weighted by atomic mass is 16.3. The van der Waals surface area contributed by atoms with Gasteiger partial charge in [-0.15, -0.1) is 0 Å². The number of nitrogens with zero attached hydrogens (tertiary/aromatic N) is 1. The predicted molar refractivity (Wildman–Crippen MR) is 85.8 cm³/mol. The first-order valence-corrected chi connectivity index (χ1v) is 7.25. The number of aryl methyl sites for hydroxylation is 2. The predicted octanol–water partition coefficient (Wildman–Crippen LogP) is 3.68. The fourth-order valence-corrected chi connectivity index (χ4v) is 2.70. The minimum absolute atomic E-state index is 0.111. The van der Waals surface area contributed by atoms with Crippen molar-refractivity contribution in [3.8, 4) is 0 Å². The van der Waals surface area contributed by atoms with Gasteiger partial charge in [0.15, 0.2) is 0 Å². The molecule has 1 aromatic carbocycles. The number of amides is 1. The van der Waals surface area contributed by atoms with Gasteiger partial charge < -0.3 is 9.73 Å². The topological polar surface area (TPSA) is 55.1 Å². The molecule has 22 heavy (non-hydrogen) atoms. The van der Waals surface area contributed by atoms with Gasteiger partial charge in [-0.2, -0.15) is 0 Å². The molecular weight excluding hydrogens is 276 g/mol. The fourth-order valence-electron chi connectivity index (χ4n) is 2.70. The lowest BCUT2D eigenvalue weighted by molar-refractivity contribution is 0.0949. The summed E-state index contributed by atoms with van der Waals surface area (Å²) in [6.07, 6.45) is 1.77. The third-order valence-electron chi connectivity index (χ3n) is 3.94. The van der Waals surface area contributed by atoms with E-state index >= 15 is 0 Å². The first-order chi connectivity index (χ1) is 10.6. The summed E-state index contributed by atoms with van der Waals surface area (Å²) in [5, 5.41) is 4.03. The van der Waals surface area contributed by atoms with Crippen molar-refractivity contribution in [3.63, 3.8) is 0 Å². The third kappa shape index (κ3) is 2.48. The number of furan rings is 1. The fraction of sp³-hybridized carbons (Fsp3) is 0.222. The van der Waals surface area contributed by atoms with E-state index in [9.17, 15) is 4.79 Å². The van der Waals surface area contributed by atoms with Crippen LogP contribution in [0.3, 0.4) is 0 Å². The summed E-state index contributed by atoms with van der Waals surface area (Å²) in [5.74, 6) is 1.33. The third-order valence-corrected chi connectivity index (χ3v) is 3.94. The van der Waals surface area contributed by atoms with E-state index in [1.165, 1.54) is 0 Å². The van der Waals surface area contributed by atoms with Crippen molar-refractivity contribution >= 4 is 16.8 Å². The van der Waals surface area contributed by atoms with E-state index < -0.39 is 0 Å². The van der Waals surface area contributed by atoms with Crippen LogP contribution in [0.15, 0.2) is 40.9 Å². The molecule has 0 bridgehead atoms. The summed E-state index contributed by atoms with van der Waals surface area (Å²) in [7, 11) is 0. The Hall–Kier alpha value is -2.62. The molecule has 0 aliphatic rings. The van der Waals surface area contributed by atoms with Gasteiger partial charge in [0.05, 0.1) is 11.1 Å². The standard InChI is InChI=1S/C18H18N2O2/c1-11-12(2)22-13(3)16(11)18(21)20-10-15-7-4-6-14-8-5-9-19-17(14)15/h4-9H,10H2,1-3H3,(H,20,21). The van der Waals surface area contributed by atoms with Crippen LogP contribution >= 0.6 is 0 Å². The SMILES string of the molecule is Cc1oc(C)c(C(=O)NCc2cccc3cccnc23)c1C. The zero-order valence-corrected chi connectivity index (χ0v) is 12.9. The highest BCUT2D eigenvalue weighted by Gasteiger charge is 2.18. The Morgan fingerprint density at radius 2 is 1.91 bits per heavy atom. The molecule has 1 N–H and O–H groups in total. The van der Waals surface area contributed by atoms with Gasteiger partial charge >= 0.3 is 0 Å². The highest BCUT2D eigenvalue weighted by Crippen LogP contribution is 2.21. The number of para-hydroxylation sites is 1. The molecule has 0 aliphatic heterocycles. The summed E-state index contributed by atoms with van der Waals surface area (Å²) < 4.78 is 5.52. The minimum Gasteiger partial charge on any atom is -0.466 e. The van der Waals surface area contributed by atoms with E-state index in [0.29, 0.717) is 17.9 Å². The zero-order chi connectivity index (χ0) is 15.7. The van der Waals surface area contributed by atoms with Crippen LogP contribution in [-0.4, -0.2) is 10.9 Å². The molecule has 112 valence electrons. The molecule has 4 heteroatoms. The molecule has 2 heterocycles. The summed E-state index contributed by atoms with van der Waals surface area (Å²) in [5.41, 5.74) is 3.45. The van der Waals surface area contributed by atoms with Crippen molar-refractivity contribution in [2.75, 3.05) is 0 Å². The Kier molecular flexibility index (Phi) is 3.67. The lowest BCUT2D eigenvalue weighted by atomic mass is 10.1.